The number of nitrogens with zero attached hydrogens (tertiary/aromatic N) is 3. The first-order chi connectivity index (χ1) is 8.86. The number of aliphatic hydroxyl groups excluding tert-OH is 1. The molecule has 0 fully saturated rings. The average Bonchev–Trinajstić information content (AvgIpc) is 2.83. The molecule has 0 aliphatic carbocycles. The van der Waals surface area contributed by atoms with Gasteiger partial charge in [-0.2, -0.15) is 0 Å². The SMILES string of the molecule is COCCOCCNCc1cn(CCCO)nn1. The summed E-state index contributed by atoms with van der Waals surface area (Å²) in [5, 5.41) is 19.9. The molecule has 0 aliphatic heterocycles. The molecule has 0 saturated heterocycles. The quantitative estimate of drug-likeness (QED) is 0.517. The Balaban J connectivity index is 2.03. The maximum absolute atomic E-state index is 8.70. The Kier molecular flexibility index (Phi) is 8.32. The topological polar surface area (TPSA) is 81.4 Å². The lowest BCUT2D eigenvalue weighted by Crippen LogP contribution is -2.20. The van der Waals surface area contributed by atoms with Crippen LogP contribution in [0.3, 0.4) is 0 Å². The zero-order valence-corrected chi connectivity index (χ0v) is 10.8. The van der Waals surface area contributed by atoms with Gasteiger partial charge in [-0.05, 0) is 6.42 Å². The van der Waals surface area contributed by atoms with Gasteiger partial charge in [0.25, 0.3) is 0 Å². The number of aliphatic hydroxyl groups is 1. The second-order valence-corrected chi connectivity index (χ2v) is 3.83. The van der Waals surface area contributed by atoms with Crippen molar-refractivity contribution >= 4 is 0 Å². The smallest absolute Gasteiger partial charge is 0.0964 e. The monoisotopic (exact) mass is 258 g/mol. The molecule has 0 saturated carbocycles. The highest BCUT2D eigenvalue weighted by molar-refractivity contribution is 4.91. The van der Waals surface area contributed by atoms with Crippen LogP contribution in [0.1, 0.15) is 12.1 Å². The van der Waals surface area contributed by atoms with Crippen molar-refractivity contribution in [1.82, 2.24) is 20.3 Å². The van der Waals surface area contributed by atoms with Crippen molar-refractivity contribution in [3.8, 4) is 0 Å². The van der Waals surface area contributed by atoms with Gasteiger partial charge in [-0.3, -0.25) is 4.68 Å². The minimum atomic E-state index is 0.173. The van der Waals surface area contributed by atoms with E-state index < -0.39 is 0 Å². The highest BCUT2D eigenvalue weighted by Crippen LogP contribution is 1.93. The van der Waals surface area contributed by atoms with Gasteiger partial charge in [-0.25, -0.2) is 0 Å². The number of aromatic nitrogens is 3. The van der Waals surface area contributed by atoms with Gasteiger partial charge in [-0.15, -0.1) is 5.10 Å². The van der Waals surface area contributed by atoms with Crippen LogP contribution in [0.5, 0.6) is 0 Å². The van der Waals surface area contributed by atoms with Crippen molar-refractivity contribution < 1.29 is 14.6 Å². The second-order valence-electron chi connectivity index (χ2n) is 3.83. The first-order valence-electron chi connectivity index (χ1n) is 6.14. The Morgan fingerprint density at radius 1 is 1.39 bits per heavy atom. The van der Waals surface area contributed by atoms with Gasteiger partial charge in [0, 0.05) is 39.5 Å². The molecule has 1 aromatic rings. The number of nitrogens with one attached hydrogen (secondary N) is 1. The highest BCUT2D eigenvalue weighted by Gasteiger charge is 1.99. The molecule has 0 aliphatic rings. The Labute approximate surface area is 107 Å². The summed E-state index contributed by atoms with van der Waals surface area (Å²) in [6, 6.07) is 0. The van der Waals surface area contributed by atoms with Crippen LogP contribution in [0.25, 0.3) is 0 Å². The molecule has 7 nitrogen and oxygen atoms in total. The van der Waals surface area contributed by atoms with E-state index in [9.17, 15) is 0 Å². The Bertz CT molecular complexity index is 306. The van der Waals surface area contributed by atoms with Gasteiger partial charge < -0.3 is 19.9 Å². The number of aryl methyl sites for hydroxylation is 1. The zero-order chi connectivity index (χ0) is 13.1. The summed E-state index contributed by atoms with van der Waals surface area (Å²) >= 11 is 0. The summed E-state index contributed by atoms with van der Waals surface area (Å²) in [7, 11) is 1.65. The lowest BCUT2D eigenvalue weighted by atomic mass is 10.4. The van der Waals surface area contributed by atoms with E-state index in [4.69, 9.17) is 14.6 Å². The van der Waals surface area contributed by atoms with E-state index in [0.29, 0.717) is 39.3 Å². The Morgan fingerprint density at radius 3 is 3.06 bits per heavy atom. The van der Waals surface area contributed by atoms with Crippen LogP contribution in [0.2, 0.25) is 0 Å². The first kappa shape index (κ1) is 15.0. The molecule has 0 radical (unpaired) electrons. The average molecular weight is 258 g/mol. The van der Waals surface area contributed by atoms with Crippen molar-refractivity contribution in [1.29, 1.82) is 0 Å². The van der Waals surface area contributed by atoms with Crippen LogP contribution in [-0.4, -0.2) is 60.2 Å². The van der Waals surface area contributed by atoms with E-state index in [1.54, 1.807) is 11.8 Å². The van der Waals surface area contributed by atoms with E-state index in [2.05, 4.69) is 15.6 Å². The fourth-order valence-corrected chi connectivity index (χ4v) is 1.37. The molecule has 0 unspecified atom stereocenters. The largest absolute Gasteiger partial charge is 0.396 e. The third-order valence-corrected chi connectivity index (χ3v) is 2.29. The number of hydrogen-bond acceptors (Lipinski definition) is 6. The lowest BCUT2D eigenvalue weighted by Gasteiger charge is -2.04. The number of hydrogen-bond donors (Lipinski definition) is 2. The van der Waals surface area contributed by atoms with Crippen LogP contribution >= 0.6 is 0 Å². The summed E-state index contributed by atoms with van der Waals surface area (Å²) in [5.74, 6) is 0. The summed E-state index contributed by atoms with van der Waals surface area (Å²) in [4.78, 5) is 0. The second kappa shape index (κ2) is 9.95. The molecule has 18 heavy (non-hydrogen) atoms. The van der Waals surface area contributed by atoms with Gasteiger partial charge in [0.1, 0.15) is 0 Å². The number of rotatable bonds is 11. The summed E-state index contributed by atoms with van der Waals surface area (Å²) < 4.78 is 11.9. The molecule has 7 heteroatoms. The molecule has 0 aromatic carbocycles. The zero-order valence-electron chi connectivity index (χ0n) is 10.8. The Morgan fingerprint density at radius 2 is 2.28 bits per heavy atom. The highest BCUT2D eigenvalue weighted by atomic mass is 16.5. The van der Waals surface area contributed by atoms with Crippen LogP contribution in [0.4, 0.5) is 0 Å². The van der Waals surface area contributed by atoms with Crippen LogP contribution in [-0.2, 0) is 22.6 Å². The van der Waals surface area contributed by atoms with Crippen LogP contribution < -0.4 is 5.32 Å². The summed E-state index contributed by atoms with van der Waals surface area (Å²) in [5.41, 5.74) is 0.893. The van der Waals surface area contributed by atoms with Gasteiger partial charge in [-0.1, -0.05) is 5.21 Å². The molecule has 1 rings (SSSR count). The van der Waals surface area contributed by atoms with Crippen molar-refractivity contribution in [3.05, 3.63) is 11.9 Å². The minimum absolute atomic E-state index is 0.173. The fourth-order valence-electron chi connectivity index (χ4n) is 1.37. The van der Waals surface area contributed by atoms with Crippen LogP contribution in [0.15, 0.2) is 6.20 Å². The standard InChI is InChI=1S/C11H22N4O3/c1-17-7-8-18-6-3-12-9-11-10-15(14-13-11)4-2-5-16/h10,12,16H,2-9H2,1H3. The first-order valence-corrected chi connectivity index (χ1v) is 6.14. The maximum Gasteiger partial charge on any atom is 0.0964 e. The minimum Gasteiger partial charge on any atom is -0.396 e. The van der Waals surface area contributed by atoms with E-state index in [1.165, 1.54) is 0 Å². The predicted molar refractivity (Wildman–Crippen MR) is 66.1 cm³/mol. The van der Waals surface area contributed by atoms with Crippen molar-refractivity contribution in [3.63, 3.8) is 0 Å². The Hall–Kier alpha value is -1.02. The molecule has 104 valence electrons. The third kappa shape index (κ3) is 6.65. The predicted octanol–water partition coefficient (Wildman–Crippen LogP) is -0.587. The molecule has 2 N–H and O–H groups in total. The van der Waals surface area contributed by atoms with Gasteiger partial charge in [0.2, 0.25) is 0 Å². The molecule has 0 spiro atoms. The fraction of sp³-hybridized carbons (Fsp3) is 0.818. The molecule has 1 heterocycles. The van der Waals surface area contributed by atoms with E-state index in [-0.39, 0.29) is 6.61 Å². The summed E-state index contributed by atoms with van der Waals surface area (Å²) in [6.45, 7) is 4.21. The van der Waals surface area contributed by atoms with Gasteiger partial charge in [0.05, 0.1) is 25.5 Å². The number of ether oxygens (including phenoxy) is 2. The molecular weight excluding hydrogens is 236 g/mol. The van der Waals surface area contributed by atoms with Gasteiger partial charge in [0.15, 0.2) is 0 Å². The molecule has 0 atom stereocenters. The summed E-state index contributed by atoms with van der Waals surface area (Å²) in [6.07, 6.45) is 2.58. The molecule has 0 amide bonds. The van der Waals surface area contributed by atoms with E-state index in [1.807, 2.05) is 6.20 Å². The molecule has 1 aromatic heterocycles. The van der Waals surface area contributed by atoms with E-state index in [0.717, 1.165) is 12.2 Å². The lowest BCUT2D eigenvalue weighted by molar-refractivity contribution is 0.0719. The van der Waals surface area contributed by atoms with Crippen molar-refractivity contribution in [2.45, 2.75) is 19.5 Å². The molecule has 0 bridgehead atoms. The number of methoxy groups -OCH3 is 1. The van der Waals surface area contributed by atoms with E-state index >= 15 is 0 Å². The van der Waals surface area contributed by atoms with Crippen molar-refractivity contribution in [2.24, 2.45) is 0 Å². The normalized spacial score (nSPS) is 11.0. The van der Waals surface area contributed by atoms with Crippen molar-refractivity contribution in [2.75, 3.05) is 40.1 Å². The molecular formula is C11H22N4O3. The maximum atomic E-state index is 8.70. The third-order valence-electron chi connectivity index (χ3n) is 2.29. The van der Waals surface area contributed by atoms with Gasteiger partial charge >= 0.3 is 0 Å². The van der Waals surface area contributed by atoms with Crippen LogP contribution in [0, 0.1) is 0 Å².